The van der Waals surface area contributed by atoms with Gasteiger partial charge in [0.15, 0.2) is 5.82 Å². The Balaban J connectivity index is 1.54. The van der Waals surface area contributed by atoms with E-state index in [0.29, 0.717) is 67.2 Å². The fraction of sp³-hybridized carbons (Fsp3) is 0.472. The second kappa shape index (κ2) is 13.7. The van der Waals surface area contributed by atoms with E-state index in [2.05, 4.69) is 33.4 Å². The van der Waals surface area contributed by atoms with E-state index in [1.807, 2.05) is 11.9 Å². The van der Waals surface area contributed by atoms with Crippen LogP contribution in [-0.4, -0.2) is 77.8 Å². The van der Waals surface area contributed by atoms with Gasteiger partial charge in [-0.2, -0.15) is 9.97 Å². The number of rotatable bonds is 5. The maximum absolute atomic E-state index is 17.0. The molecule has 2 aliphatic heterocycles. The van der Waals surface area contributed by atoms with E-state index in [4.69, 9.17) is 16.1 Å². The third-order valence-electron chi connectivity index (χ3n) is 9.67. The van der Waals surface area contributed by atoms with Gasteiger partial charge in [0.1, 0.15) is 28.6 Å². The molecule has 0 spiro atoms. The number of hydrogen-bond acceptors (Lipinski definition) is 8. The third-order valence-corrected chi connectivity index (χ3v) is 9.67. The first-order valence-corrected chi connectivity index (χ1v) is 16.4. The van der Waals surface area contributed by atoms with E-state index in [9.17, 15) is 18.3 Å². The number of anilines is 1. The molecule has 254 valence electrons. The molecule has 0 aliphatic carbocycles. The largest absolute Gasteiger partial charge is 0.508 e. The number of alkyl halides is 2. The number of terminal acetylenes is 1. The molecule has 12 heteroatoms. The van der Waals surface area contributed by atoms with E-state index in [0.717, 1.165) is 19.4 Å². The number of nitrogens with one attached hydrogen (secondary N) is 2. The van der Waals surface area contributed by atoms with E-state index in [-0.39, 0.29) is 46.1 Å². The minimum Gasteiger partial charge on any atom is -0.508 e. The molecule has 2 aliphatic rings. The summed E-state index contributed by atoms with van der Waals surface area (Å²) < 4.78 is 66.3. The Morgan fingerprint density at radius 1 is 1.15 bits per heavy atom. The Hall–Kier alpha value is -4.21. The van der Waals surface area contributed by atoms with Crippen LogP contribution < -0.4 is 15.4 Å². The van der Waals surface area contributed by atoms with Crippen LogP contribution in [0.15, 0.2) is 24.3 Å². The van der Waals surface area contributed by atoms with Crippen LogP contribution in [0.3, 0.4) is 0 Å². The molecule has 3 N–H and O–H groups in total. The summed E-state index contributed by atoms with van der Waals surface area (Å²) in [6.07, 6.45) is 5.59. The summed E-state index contributed by atoms with van der Waals surface area (Å²) >= 11 is 0. The van der Waals surface area contributed by atoms with Crippen molar-refractivity contribution >= 4 is 27.5 Å². The molecule has 8 nitrogen and oxygen atoms in total. The molecule has 48 heavy (non-hydrogen) atoms. The highest BCUT2D eigenvalue weighted by Crippen LogP contribution is 2.41. The summed E-state index contributed by atoms with van der Waals surface area (Å²) in [5.74, 6) is 0.506. The van der Waals surface area contributed by atoms with Crippen LogP contribution in [0.2, 0.25) is 0 Å². The number of phenolic OH excluding ortho intramolecular Hbond substituents is 1. The molecule has 2 aromatic carbocycles. The van der Waals surface area contributed by atoms with Gasteiger partial charge in [0.25, 0.3) is 0 Å². The lowest BCUT2D eigenvalue weighted by Crippen LogP contribution is -2.51. The van der Waals surface area contributed by atoms with Crippen LogP contribution in [0.5, 0.6) is 11.8 Å². The average molecular weight is 665 g/mol. The SMILES string of the molecule is C#Cc1c(F)ccc2cc(O)cc(-c3nc4c5c(nc(OCC6(C)CN(C)CCC6C(F)F)nc5c3F)NCCNCC(C)CCC4)c12. The second-order valence-corrected chi connectivity index (χ2v) is 13.5. The number of aryl methyl sites for hydroxylation is 1. The molecular formula is C36H40F4N6O2. The maximum atomic E-state index is 17.0. The average Bonchev–Trinajstić information content (AvgIpc) is 3.03. The topological polar surface area (TPSA) is 95.4 Å². The summed E-state index contributed by atoms with van der Waals surface area (Å²) in [6, 6.07) is 5.25. The number of benzene rings is 2. The van der Waals surface area contributed by atoms with Crippen molar-refractivity contribution in [2.24, 2.45) is 17.3 Å². The van der Waals surface area contributed by atoms with Crippen molar-refractivity contribution in [2.75, 3.05) is 51.7 Å². The zero-order valence-corrected chi connectivity index (χ0v) is 27.3. The summed E-state index contributed by atoms with van der Waals surface area (Å²) in [6.45, 7) is 6.64. The van der Waals surface area contributed by atoms with Gasteiger partial charge < -0.3 is 25.4 Å². The lowest BCUT2D eigenvalue weighted by atomic mass is 9.73. The van der Waals surface area contributed by atoms with Gasteiger partial charge in [-0.3, -0.25) is 0 Å². The zero-order valence-electron chi connectivity index (χ0n) is 27.3. The minimum atomic E-state index is -2.53. The summed E-state index contributed by atoms with van der Waals surface area (Å²) in [5, 5.41) is 18.4. The zero-order chi connectivity index (χ0) is 34.2. The first kappa shape index (κ1) is 33.7. The van der Waals surface area contributed by atoms with Crippen LogP contribution in [-0.2, 0) is 6.42 Å². The number of piperidine rings is 1. The normalized spacial score (nSPS) is 22.6. The number of nitrogens with zero attached hydrogens (tertiary/aromatic N) is 4. The monoisotopic (exact) mass is 664 g/mol. The molecule has 1 fully saturated rings. The lowest BCUT2D eigenvalue weighted by molar-refractivity contribution is -0.0679. The Kier molecular flexibility index (Phi) is 9.63. The number of pyridine rings is 1. The predicted octanol–water partition coefficient (Wildman–Crippen LogP) is 6.39. The third kappa shape index (κ3) is 6.58. The number of fused-ring (bicyclic) bond motifs is 1. The van der Waals surface area contributed by atoms with E-state index < -0.39 is 29.4 Å². The quantitative estimate of drug-likeness (QED) is 0.167. The van der Waals surface area contributed by atoms with Gasteiger partial charge in [0.05, 0.1) is 23.3 Å². The Morgan fingerprint density at radius 3 is 2.73 bits per heavy atom. The van der Waals surface area contributed by atoms with E-state index in [1.165, 1.54) is 24.3 Å². The van der Waals surface area contributed by atoms with Crippen molar-refractivity contribution < 1.29 is 27.4 Å². The minimum absolute atomic E-state index is 0.0813. The van der Waals surface area contributed by atoms with Crippen LogP contribution in [0.1, 0.15) is 44.4 Å². The van der Waals surface area contributed by atoms with Crippen molar-refractivity contribution in [1.82, 2.24) is 25.2 Å². The molecule has 0 bridgehead atoms. The van der Waals surface area contributed by atoms with Gasteiger partial charge >= 0.3 is 6.01 Å². The Morgan fingerprint density at radius 2 is 1.96 bits per heavy atom. The molecule has 4 heterocycles. The molecule has 3 unspecified atom stereocenters. The molecule has 0 amide bonds. The van der Waals surface area contributed by atoms with Crippen molar-refractivity contribution in [2.45, 2.75) is 46.0 Å². The number of aromatic nitrogens is 3. The number of aromatic hydroxyl groups is 1. The van der Waals surface area contributed by atoms with Crippen molar-refractivity contribution in [3.05, 3.63) is 47.2 Å². The summed E-state index contributed by atoms with van der Waals surface area (Å²) in [4.78, 5) is 16.0. The van der Waals surface area contributed by atoms with Crippen molar-refractivity contribution in [3.8, 4) is 35.4 Å². The van der Waals surface area contributed by atoms with Crippen molar-refractivity contribution in [1.29, 1.82) is 0 Å². The number of ether oxygens (including phenoxy) is 1. The predicted molar refractivity (Wildman–Crippen MR) is 178 cm³/mol. The number of hydrogen-bond donors (Lipinski definition) is 3. The number of halogens is 4. The number of likely N-dealkylation sites (tertiary alicyclic amines) is 1. The highest BCUT2D eigenvalue weighted by atomic mass is 19.3. The highest BCUT2D eigenvalue weighted by Gasteiger charge is 2.44. The fourth-order valence-electron chi connectivity index (χ4n) is 7.20. The molecule has 6 rings (SSSR count). The first-order valence-electron chi connectivity index (χ1n) is 16.4. The van der Waals surface area contributed by atoms with Crippen LogP contribution in [0.4, 0.5) is 23.4 Å². The fourth-order valence-corrected chi connectivity index (χ4v) is 7.20. The van der Waals surface area contributed by atoms with Crippen LogP contribution in [0, 0.1) is 41.2 Å². The summed E-state index contributed by atoms with van der Waals surface area (Å²) in [7, 11) is 1.88. The molecule has 0 saturated carbocycles. The van der Waals surface area contributed by atoms with Gasteiger partial charge in [-0.15, -0.1) is 6.42 Å². The Labute approximate surface area is 277 Å². The molecule has 3 atom stereocenters. The van der Waals surface area contributed by atoms with Crippen LogP contribution in [0.25, 0.3) is 32.9 Å². The van der Waals surface area contributed by atoms with Gasteiger partial charge in [-0.05, 0) is 75.3 Å². The van der Waals surface area contributed by atoms with Gasteiger partial charge in [-0.25, -0.2) is 22.5 Å². The molecule has 4 aromatic rings. The summed E-state index contributed by atoms with van der Waals surface area (Å²) in [5.41, 5.74) is -0.603. The van der Waals surface area contributed by atoms with Gasteiger partial charge in [-0.1, -0.05) is 25.8 Å². The Bertz CT molecular complexity index is 1880. The number of phenols is 1. The van der Waals surface area contributed by atoms with E-state index >= 15 is 4.39 Å². The smallest absolute Gasteiger partial charge is 0.319 e. The standard InChI is InChI=1S/C36H40F4N6O2/c1-5-23-26(37)10-9-21-15-22(47)16-24(28(21)23)31-30(38)32-29-27(43-31)8-6-7-20(2)17-41-12-13-42-34(29)45-35(44-32)48-19-36(3)18-46(4)14-11-25(36)33(39)40/h1,9-10,15-16,20,25,33,41,47H,6-8,11-14,17-19H2,2-4H3,(H,42,44,45). The van der Waals surface area contributed by atoms with Gasteiger partial charge in [0, 0.05) is 41.9 Å². The van der Waals surface area contributed by atoms with Crippen molar-refractivity contribution in [3.63, 3.8) is 0 Å². The molecule has 0 radical (unpaired) electrons. The lowest BCUT2D eigenvalue weighted by Gasteiger charge is -2.44. The van der Waals surface area contributed by atoms with E-state index in [1.54, 1.807) is 6.92 Å². The first-order chi connectivity index (χ1) is 23.0. The molecule has 1 saturated heterocycles. The van der Waals surface area contributed by atoms with Gasteiger partial charge in [0.2, 0.25) is 6.43 Å². The second-order valence-electron chi connectivity index (χ2n) is 13.5. The highest BCUT2D eigenvalue weighted by molar-refractivity contribution is 6.03. The molecular weight excluding hydrogens is 624 g/mol. The van der Waals surface area contributed by atoms with Crippen LogP contribution >= 0.6 is 0 Å². The maximum Gasteiger partial charge on any atom is 0.319 e. The molecule has 2 aromatic heterocycles.